The summed E-state index contributed by atoms with van der Waals surface area (Å²) in [6, 6.07) is 9.71. The van der Waals surface area contributed by atoms with Gasteiger partial charge in [-0.05, 0) is 18.6 Å². The number of hydrogen-bond donors (Lipinski definition) is 1. The molecule has 0 atom stereocenters. The van der Waals surface area contributed by atoms with Gasteiger partial charge in [-0.25, -0.2) is 0 Å². The Morgan fingerprint density at radius 3 is 2.71 bits per heavy atom. The van der Waals surface area contributed by atoms with E-state index in [4.69, 9.17) is 4.74 Å². The van der Waals surface area contributed by atoms with Gasteiger partial charge >= 0.3 is 0 Å². The fraction of sp³-hybridized carbons (Fsp3) is 0.462. The number of benzene rings is 1. The summed E-state index contributed by atoms with van der Waals surface area (Å²) in [5.74, 6) is 0.0879. The zero-order valence-electron chi connectivity index (χ0n) is 10.5. The van der Waals surface area contributed by atoms with Gasteiger partial charge in [0.1, 0.15) is 0 Å². The fourth-order valence-electron chi connectivity index (χ4n) is 1.44. The van der Waals surface area contributed by atoms with Crippen LogP contribution in [0.2, 0.25) is 0 Å². The zero-order valence-corrected chi connectivity index (χ0v) is 10.5. The van der Waals surface area contributed by atoms with Crippen LogP contribution in [0.5, 0.6) is 0 Å². The minimum atomic E-state index is 0.0879. The highest BCUT2D eigenvalue weighted by Gasteiger charge is 2.07. The summed E-state index contributed by atoms with van der Waals surface area (Å²) in [6.07, 6.45) is 0.865. The minimum absolute atomic E-state index is 0.0879. The lowest BCUT2D eigenvalue weighted by Gasteiger charge is -2.17. The number of carbonyl (C=O) groups excluding carboxylic acids is 1. The van der Waals surface area contributed by atoms with Crippen LogP contribution in [0.3, 0.4) is 0 Å². The van der Waals surface area contributed by atoms with Crippen molar-refractivity contribution in [1.82, 2.24) is 4.90 Å². The maximum atomic E-state index is 11.7. The Kier molecular flexibility index (Phi) is 6.10. The van der Waals surface area contributed by atoms with E-state index in [0.29, 0.717) is 13.2 Å². The first kappa shape index (κ1) is 13.5. The van der Waals surface area contributed by atoms with Crippen LogP contribution in [0.4, 0.5) is 5.69 Å². The van der Waals surface area contributed by atoms with Crippen molar-refractivity contribution in [3.05, 3.63) is 30.3 Å². The maximum Gasteiger partial charge on any atom is 0.241 e. The first-order chi connectivity index (χ1) is 8.24. The number of carbonyl (C=O) groups is 1. The van der Waals surface area contributed by atoms with Gasteiger partial charge in [-0.3, -0.25) is 4.79 Å². The van der Waals surface area contributed by atoms with E-state index in [1.54, 1.807) is 12.0 Å². The zero-order chi connectivity index (χ0) is 12.5. The number of hydrogen-bond acceptors (Lipinski definition) is 3. The van der Waals surface area contributed by atoms with E-state index in [9.17, 15) is 4.79 Å². The predicted octanol–water partition coefficient (Wildman–Crippen LogP) is 1.59. The van der Waals surface area contributed by atoms with E-state index < -0.39 is 0 Å². The summed E-state index contributed by atoms with van der Waals surface area (Å²) in [4.78, 5) is 13.5. The van der Waals surface area contributed by atoms with E-state index in [2.05, 4.69) is 5.32 Å². The predicted molar refractivity (Wildman–Crippen MR) is 69.1 cm³/mol. The van der Waals surface area contributed by atoms with Gasteiger partial charge in [-0.2, -0.15) is 0 Å². The quantitative estimate of drug-likeness (QED) is 0.731. The molecule has 0 aliphatic heterocycles. The number of nitrogens with one attached hydrogen (secondary N) is 1. The van der Waals surface area contributed by atoms with Gasteiger partial charge in [0.25, 0.3) is 0 Å². The van der Waals surface area contributed by atoms with E-state index in [0.717, 1.165) is 18.7 Å². The highest BCUT2D eigenvalue weighted by molar-refractivity contribution is 5.80. The van der Waals surface area contributed by atoms with Crippen molar-refractivity contribution in [1.29, 1.82) is 0 Å². The van der Waals surface area contributed by atoms with Crippen LogP contribution in [0.15, 0.2) is 30.3 Å². The first-order valence-electron chi connectivity index (χ1n) is 5.76. The van der Waals surface area contributed by atoms with Crippen molar-refractivity contribution in [3.8, 4) is 0 Å². The molecule has 17 heavy (non-hydrogen) atoms. The average Bonchev–Trinajstić information content (AvgIpc) is 2.37. The molecule has 0 unspecified atom stereocenters. The van der Waals surface area contributed by atoms with Crippen molar-refractivity contribution >= 4 is 11.6 Å². The van der Waals surface area contributed by atoms with E-state index in [1.165, 1.54) is 0 Å². The van der Waals surface area contributed by atoms with Crippen molar-refractivity contribution in [2.24, 2.45) is 0 Å². The summed E-state index contributed by atoms with van der Waals surface area (Å²) < 4.78 is 4.95. The molecule has 4 heteroatoms. The Labute approximate surface area is 103 Å². The van der Waals surface area contributed by atoms with Crippen LogP contribution < -0.4 is 5.32 Å². The van der Waals surface area contributed by atoms with Gasteiger partial charge in [0.05, 0.1) is 6.54 Å². The third-order valence-electron chi connectivity index (χ3n) is 2.49. The second-order valence-electron chi connectivity index (χ2n) is 3.88. The summed E-state index contributed by atoms with van der Waals surface area (Å²) in [5.41, 5.74) is 0.964. The smallest absolute Gasteiger partial charge is 0.241 e. The third kappa shape index (κ3) is 5.36. The molecule has 94 valence electrons. The van der Waals surface area contributed by atoms with Crippen LogP contribution in [0.25, 0.3) is 0 Å². The van der Waals surface area contributed by atoms with E-state index in [1.807, 2.05) is 37.4 Å². The molecular weight excluding hydrogens is 216 g/mol. The highest BCUT2D eigenvalue weighted by Crippen LogP contribution is 2.04. The Hall–Kier alpha value is -1.55. The van der Waals surface area contributed by atoms with Crippen LogP contribution >= 0.6 is 0 Å². The second kappa shape index (κ2) is 7.68. The molecule has 1 aromatic carbocycles. The Morgan fingerprint density at radius 1 is 1.35 bits per heavy atom. The molecule has 1 aromatic rings. The van der Waals surface area contributed by atoms with E-state index >= 15 is 0 Å². The lowest BCUT2D eigenvalue weighted by molar-refractivity contribution is -0.128. The third-order valence-corrected chi connectivity index (χ3v) is 2.49. The SMILES string of the molecule is COCCCN(C)C(=O)CNc1ccccc1. The minimum Gasteiger partial charge on any atom is -0.385 e. The van der Waals surface area contributed by atoms with Gasteiger partial charge in [0.2, 0.25) is 5.91 Å². The molecule has 1 rings (SSSR count). The molecule has 0 fully saturated rings. The lowest BCUT2D eigenvalue weighted by Crippen LogP contribution is -2.33. The monoisotopic (exact) mass is 236 g/mol. The number of para-hydroxylation sites is 1. The molecule has 0 aromatic heterocycles. The first-order valence-corrected chi connectivity index (χ1v) is 5.76. The summed E-state index contributed by atoms with van der Waals surface area (Å²) in [6.45, 7) is 1.74. The Balaban J connectivity index is 2.24. The standard InChI is InChI=1S/C13H20N2O2/c1-15(9-6-10-17-2)13(16)11-14-12-7-4-3-5-8-12/h3-5,7-8,14H,6,9-11H2,1-2H3. The molecular formula is C13H20N2O2. The molecule has 1 amide bonds. The van der Waals surface area contributed by atoms with Crippen LogP contribution in [-0.4, -0.2) is 44.7 Å². The van der Waals surface area contributed by atoms with Crippen LogP contribution in [0.1, 0.15) is 6.42 Å². The van der Waals surface area contributed by atoms with Crippen molar-refractivity contribution < 1.29 is 9.53 Å². The molecule has 0 aliphatic carbocycles. The van der Waals surface area contributed by atoms with Crippen molar-refractivity contribution in [3.63, 3.8) is 0 Å². The molecule has 0 aliphatic rings. The topological polar surface area (TPSA) is 41.6 Å². The number of amides is 1. The summed E-state index contributed by atoms with van der Waals surface area (Å²) in [5, 5.41) is 3.09. The van der Waals surface area contributed by atoms with Gasteiger partial charge in [0.15, 0.2) is 0 Å². The summed E-state index contributed by atoms with van der Waals surface area (Å²) >= 11 is 0. The largest absolute Gasteiger partial charge is 0.385 e. The van der Waals surface area contributed by atoms with Gasteiger partial charge in [0, 0.05) is 33.0 Å². The second-order valence-corrected chi connectivity index (χ2v) is 3.88. The number of rotatable bonds is 7. The summed E-state index contributed by atoms with van der Waals surface area (Å²) in [7, 11) is 3.48. The molecule has 0 radical (unpaired) electrons. The Bertz CT molecular complexity index is 327. The Morgan fingerprint density at radius 2 is 2.06 bits per heavy atom. The van der Waals surface area contributed by atoms with Gasteiger partial charge < -0.3 is 15.0 Å². The average molecular weight is 236 g/mol. The van der Waals surface area contributed by atoms with Crippen LogP contribution in [0, 0.1) is 0 Å². The number of nitrogens with zero attached hydrogens (tertiary/aromatic N) is 1. The lowest BCUT2D eigenvalue weighted by atomic mass is 10.3. The molecule has 1 N–H and O–H groups in total. The highest BCUT2D eigenvalue weighted by atomic mass is 16.5. The van der Waals surface area contributed by atoms with Gasteiger partial charge in [-0.1, -0.05) is 18.2 Å². The molecule has 0 spiro atoms. The van der Waals surface area contributed by atoms with Gasteiger partial charge in [-0.15, -0.1) is 0 Å². The molecule has 0 heterocycles. The maximum absolute atomic E-state index is 11.7. The molecule has 4 nitrogen and oxygen atoms in total. The molecule has 0 saturated carbocycles. The van der Waals surface area contributed by atoms with Crippen LogP contribution in [-0.2, 0) is 9.53 Å². The number of anilines is 1. The van der Waals surface area contributed by atoms with Crippen molar-refractivity contribution in [2.45, 2.75) is 6.42 Å². The normalized spacial score (nSPS) is 10.0. The number of ether oxygens (including phenoxy) is 1. The molecule has 0 saturated heterocycles. The fourth-order valence-corrected chi connectivity index (χ4v) is 1.44. The molecule has 0 bridgehead atoms. The number of methoxy groups -OCH3 is 1. The van der Waals surface area contributed by atoms with E-state index in [-0.39, 0.29) is 5.91 Å². The number of likely N-dealkylation sites (N-methyl/N-ethyl adjacent to an activating group) is 1. The van der Waals surface area contributed by atoms with Crippen molar-refractivity contribution in [2.75, 3.05) is 39.2 Å².